The number of ether oxygens (including phenoxy) is 2. The van der Waals surface area contributed by atoms with Crippen LogP contribution in [0.15, 0.2) is 0 Å². The number of nitrogens with zero attached hydrogens (tertiary/aromatic N) is 3. The van der Waals surface area contributed by atoms with E-state index < -0.39 is 5.54 Å². The minimum Gasteiger partial charge on any atom is -0.364 e. The highest BCUT2D eigenvalue weighted by Gasteiger charge is 2.57. The van der Waals surface area contributed by atoms with E-state index in [0.717, 1.165) is 0 Å². The SMILES string of the molecule is CC1(C)COCN1C(N1COCC1(C)C)C(C)(C)[N+](=O)[O-]. The first-order chi connectivity index (χ1) is 9.50. The summed E-state index contributed by atoms with van der Waals surface area (Å²) in [6, 6.07) is 0. The van der Waals surface area contributed by atoms with Crippen LogP contribution in [-0.2, 0) is 9.47 Å². The van der Waals surface area contributed by atoms with Crippen LogP contribution in [-0.4, -0.2) is 64.2 Å². The lowest BCUT2D eigenvalue weighted by Crippen LogP contribution is -2.68. The number of hydrogen-bond acceptors (Lipinski definition) is 6. The summed E-state index contributed by atoms with van der Waals surface area (Å²) in [6.45, 7) is 13.6. The summed E-state index contributed by atoms with van der Waals surface area (Å²) in [5.41, 5.74) is -1.61. The molecule has 0 aromatic rings. The summed E-state index contributed by atoms with van der Waals surface area (Å²) in [5.74, 6) is 0. The normalized spacial score (nSPS) is 26.6. The first-order valence-electron chi connectivity index (χ1n) is 7.34. The molecule has 2 fully saturated rings. The number of rotatable bonds is 4. The minimum atomic E-state index is -1.13. The van der Waals surface area contributed by atoms with Crippen molar-refractivity contribution in [2.75, 3.05) is 26.7 Å². The van der Waals surface area contributed by atoms with Crippen LogP contribution in [0.2, 0.25) is 0 Å². The summed E-state index contributed by atoms with van der Waals surface area (Å²) < 4.78 is 11.2. The molecule has 0 atom stereocenters. The van der Waals surface area contributed by atoms with Crippen LogP contribution in [0.4, 0.5) is 0 Å². The van der Waals surface area contributed by atoms with Crippen LogP contribution >= 0.6 is 0 Å². The zero-order valence-electron chi connectivity index (χ0n) is 13.9. The van der Waals surface area contributed by atoms with Crippen molar-refractivity contribution >= 4 is 0 Å². The van der Waals surface area contributed by atoms with Crippen LogP contribution in [0.5, 0.6) is 0 Å². The molecule has 0 saturated carbocycles. The molecular formula is C14H27N3O4. The van der Waals surface area contributed by atoms with Crippen LogP contribution < -0.4 is 0 Å². The van der Waals surface area contributed by atoms with Gasteiger partial charge in [-0.1, -0.05) is 0 Å². The summed E-state index contributed by atoms with van der Waals surface area (Å²) >= 11 is 0. The van der Waals surface area contributed by atoms with E-state index in [1.165, 1.54) is 0 Å². The van der Waals surface area contributed by atoms with Crippen molar-refractivity contribution in [2.45, 2.75) is 64.3 Å². The quantitative estimate of drug-likeness (QED) is 0.579. The molecule has 0 radical (unpaired) electrons. The van der Waals surface area contributed by atoms with Gasteiger partial charge < -0.3 is 9.47 Å². The Balaban J connectivity index is 2.43. The van der Waals surface area contributed by atoms with Crippen molar-refractivity contribution in [3.8, 4) is 0 Å². The first kappa shape index (κ1) is 16.6. The molecule has 2 saturated heterocycles. The van der Waals surface area contributed by atoms with Gasteiger partial charge in [0.15, 0.2) is 0 Å². The molecular weight excluding hydrogens is 274 g/mol. The Bertz CT molecular complexity index is 396. The van der Waals surface area contributed by atoms with E-state index >= 15 is 0 Å². The summed E-state index contributed by atoms with van der Waals surface area (Å²) in [4.78, 5) is 15.7. The lowest BCUT2D eigenvalue weighted by atomic mass is 9.92. The Morgan fingerprint density at radius 3 is 1.67 bits per heavy atom. The molecule has 0 aromatic carbocycles. The highest BCUT2D eigenvalue weighted by molar-refractivity contribution is 5.00. The number of nitro groups is 1. The van der Waals surface area contributed by atoms with E-state index in [-0.39, 0.29) is 22.2 Å². The molecule has 0 bridgehead atoms. The van der Waals surface area contributed by atoms with Gasteiger partial charge in [-0.15, -0.1) is 0 Å². The van der Waals surface area contributed by atoms with Gasteiger partial charge in [-0.25, -0.2) is 0 Å². The van der Waals surface area contributed by atoms with Gasteiger partial charge in [-0.05, 0) is 27.7 Å². The molecule has 0 unspecified atom stereocenters. The summed E-state index contributed by atoms with van der Waals surface area (Å²) in [7, 11) is 0. The second-order valence-corrected chi connectivity index (χ2v) is 7.80. The second-order valence-electron chi connectivity index (χ2n) is 7.80. The molecule has 0 spiro atoms. The van der Waals surface area contributed by atoms with Crippen molar-refractivity contribution in [1.82, 2.24) is 9.80 Å². The Kier molecular flexibility index (Phi) is 4.08. The predicted molar refractivity (Wildman–Crippen MR) is 78.3 cm³/mol. The minimum absolute atomic E-state index is 0.194. The Labute approximate surface area is 126 Å². The monoisotopic (exact) mass is 301 g/mol. The lowest BCUT2D eigenvalue weighted by Gasteiger charge is -2.47. The highest BCUT2D eigenvalue weighted by Crippen LogP contribution is 2.37. The van der Waals surface area contributed by atoms with E-state index in [2.05, 4.69) is 37.5 Å². The zero-order valence-corrected chi connectivity index (χ0v) is 13.9. The van der Waals surface area contributed by atoms with Crippen molar-refractivity contribution in [3.63, 3.8) is 0 Å². The molecule has 2 aliphatic rings. The van der Waals surface area contributed by atoms with E-state index in [9.17, 15) is 10.1 Å². The first-order valence-corrected chi connectivity index (χ1v) is 7.34. The molecule has 7 nitrogen and oxygen atoms in total. The van der Waals surface area contributed by atoms with Gasteiger partial charge in [0, 0.05) is 29.8 Å². The molecule has 0 amide bonds. The average Bonchev–Trinajstić information content (AvgIpc) is 2.83. The number of hydrogen-bond donors (Lipinski definition) is 0. The maximum absolute atomic E-state index is 11.7. The maximum Gasteiger partial charge on any atom is 0.245 e. The fourth-order valence-electron chi connectivity index (χ4n) is 3.13. The predicted octanol–water partition coefficient (Wildman–Crippen LogP) is 1.50. The van der Waals surface area contributed by atoms with Crippen molar-refractivity contribution in [1.29, 1.82) is 0 Å². The van der Waals surface area contributed by atoms with E-state index in [1.807, 2.05) is 0 Å². The van der Waals surface area contributed by atoms with Gasteiger partial charge in [-0.2, -0.15) is 0 Å². The lowest BCUT2D eigenvalue weighted by molar-refractivity contribution is -0.577. The topological polar surface area (TPSA) is 68.1 Å². The third-order valence-electron chi connectivity index (χ3n) is 4.62. The van der Waals surface area contributed by atoms with E-state index in [0.29, 0.717) is 26.7 Å². The van der Waals surface area contributed by atoms with E-state index in [1.54, 1.807) is 13.8 Å². The maximum atomic E-state index is 11.7. The van der Waals surface area contributed by atoms with Gasteiger partial charge in [0.1, 0.15) is 19.6 Å². The molecule has 0 aliphatic carbocycles. The fraction of sp³-hybridized carbons (Fsp3) is 1.00. The standard InChI is InChI=1S/C14H27N3O4/c1-12(2)7-20-9-15(12)11(14(5,6)17(18)19)16-10-21-8-13(16,3)4/h11H,7-10H2,1-6H3. The van der Waals surface area contributed by atoms with Gasteiger partial charge in [0.05, 0.1) is 13.2 Å². The van der Waals surface area contributed by atoms with Crippen LogP contribution in [0.3, 0.4) is 0 Å². The van der Waals surface area contributed by atoms with Gasteiger partial charge in [0.25, 0.3) is 0 Å². The molecule has 2 aliphatic heterocycles. The van der Waals surface area contributed by atoms with Crippen LogP contribution in [0.25, 0.3) is 0 Å². The second kappa shape index (κ2) is 5.15. The Morgan fingerprint density at radius 2 is 1.43 bits per heavy atom. The van der Waals surface area contributed by atoms with Crippen molar-refractivity contribution < 1.29 is 14.4 Å². The van der Waals surface area contributed by atoms with E-state index in [4.69, 9.17) is 9.47 Å². The molecule has 21 heavy (non-hydrogen) atoms. The van der Waals surface area contributed by atoms with Gasteiger partial charge in [-0.3, -0.25) is 19.9 Å². The summed E-state index contributed by atoms with van der Waals surface area (Å²) in [6.07, 6.45) is -0.387. The largest absolute Gasteiger partial charge is 0.364 e. The fourth-order valence-corrected chi connectivity index (χ4v) is 3.13. The third kappa shape index (κ3) is 2.79. The molecule has 0 aromatic heterocycles. The molecule has 7 heteroatoms. The zero-order chi connectivity index (χ0) is 16.1. The highest BCUT2D eigenvalue weighted by atomic mass is 16.6. The van der Waals surface area contributed by atoms with Crippen LogP contribution in [0, 0.1) is 10.1 Å². The average molecular weight is 301 g/mol. The van der Waals surface area contributed by atoms with Gasteiger partial charge >= 0.3 is 0 Å². The van der Waals surface area contributed by atoms with Crippen molar-refractivity contribution in [2.24, 2.45) is 0 Å². The van der Waals surface area contributed by atoms with Crippen molar-refractivity contribution in [3.05, 3.63) is 10.1 Å². The van der Waals surface area contributed by atoms with Crippen LogP contribution in [0.1, 0.15) is 41.5 Å². The summed E-state index contributed by atoms with van der Waals surface area (Å²) in [5, 5.41) is 11.7. The molecule has 2 rings (SSSR count). The molecule has 0 N–H and O–H groups in total. The Morgan fingerprint density at radius 1 is 1.05 bits per heavy atom. The van der Waals surface area contributed by atoms with Gasteiger partial charge in [0.2, 0.25) is 5.54 Å². The Hall–Kier alpha value is -0.760. The third-order valence-corrected chi connectivity index (χ3v) is 4.62. The molecule has 2 heterocycles. The smallest absolute Gasteiger partial charge is 0.245 e. The molecule has 122 valence electrons.